The fourth-order valence-corrected chi connectivity index (χ4v) is 1.69. The molecule has 1 fully saturated rings. The molecule has 2 unspecified atom stereocenters. The molecule has 0 saturated carbocycles. The summed E-state index contributed by atoms with van der Waals surface area (Å²) in [5.41, 5.74) is -1.81. The van der Waals surface area contributed by atoms with Gasteiger partial charge in [0.1, 0.15) is 23.5 Å². The van der Waals surface area contributed by atoms with Crippen LogP contribution in [0, 0.1) is 0 Å². The zero-order valence-corrected chi connectivity index (χ0v) is 12.4. The Balaban J connectivity index is 2.71. The van der Waals surface area contributed by atoms with Crippen molar-refractivity contribution in [3.05, 3.63) is 0 Å². The van der Waals surface area contributed by atoms with Crippen molar-refractivity contribution in [2.24, 2.45) is 0 Å². The van der Waals surface area contributed by atoms with E-state index < -0.39 is 29.1 Å². The number of hydrogen-bond acceptors (Lipinski definition) is 5. The van der Waals surface area contributed by atoms with Crippen molar-refractivity contribution in [3.8, 4) is 0 Å². The average molecular weight is 273 g/mol. The van der Waals surface area contributed by atoms with Crippen LogP contribution >= 0.6 is 0 Å². The second-order valence-corrected chi connectivity index (χ2v) is 6.34. The molecule has 0 aromatic carbocycles. The van der Waals surface area contributed by atoms with Crippen LogP contribution in [0.5, 0.6) is 0 Å². The summed E-state index contributed by atoms with van der Waals surface area (Å²) in [4.78, 5) is 23.1. The topological polar surface area (TPSA) is 73.9 Å². The predicted molar refractivity (Wildman–Crippen MR) is 68.7 cm³/mol. The molecule has 110 valence electrons. The highest BCUT2D eigenvalue weighted by Crippen LogP contribution is 2.28. The number of carbonyl (C=O) groups is 2. The molecule has 1 aliphatic heterocycles. The van der Waals surface area contributed by atoms with Crippen LogP contribution in [0.4, 0.5) is 4.79 Å². The molecule has 0 spiro atoms. The third-order valence-corrected chi connectivity index (χ3v) is 2.69. The van der Waals surface area contributed by atoms with E-state index in [1.807, 2.05) is 0 Å². The highest BCUT2D eigenvalue weighted by atomic mass is 16.7. The normalized spacial score (nSPS) is 25.5. The van der Waals surface area contributed by atoms with Crippen LogP contribution in [0.2, 0.25) is 0 Å². The van der Waals surface area contributed by atoms with Crippen LogP contribution < -0.4 is 5.32 Å². The van der Waals surface area contributed by atoms with Crippen molar-refractivity contribution in [1.29, 1.82) is 0 Å². The lowest BCUT2D eigenvalue weighted by molar-refractivity contribution is -0.149. The summed E-state index contributed by atoms with van der Waals surface area (Å²) in [6.07, 6.45) is -0.560. The molecule has 0 aromatic heterocycles. The summed E-state index contributed by atoms with van der Waals surface area (Å²) >= 11 is 0. The fourth-order valence-electron chi connectivity index (χ4n) is 1.69. The third-order valence-electron chi connectivity index (χ3n) is 2.69. The van der Waals surface area contributed by atoms with Gasteiger partial charge in [0.2, 0.25) is 0 Å². The van der Waals surface area contributed by atoms with Gasteiger partial charge in [0.25, 0.3) is 0 Å². The number of nitrogens with one attached hydrogen (secondary N) is 1. The van der Waals surface area contributed by atoms with Gasteiger partial charge in [0.05, 0.1) is 6.61 Å². The van der Waals surface area contributed by atoms with E-state index in [1.165, 1.54) is 0 Å². The Morgan fingerprint density at radius 1 is 1.37 bits per heavy atom. The zero-order chi connectivity index (χ0) is 14.9. The lowest BCUT2D eigenvalue weighted by atomic mass is 9.97. The number of ether oxygens (including phenoxy) is 3. The quantitative estimate of drug-likeness (QED) is 0.791. The van der Waals surface area contributed by atoms with E-state index in [1.54, 1.807) is 41.5 Å². The maximum Gasteiger partial charge on any atom is 0.408 e. The smallest absolute Gasteiger partial charge is 0.408 e. The van der Waals surface area contributed by atoms with E-state index in [9.17, 15) is 9.59 Å². The van der Waals surface area contributed by atoms with Crippen LogP contribution in [-0.2, 0) is 19.0 Å². The van der Waals surface area contributed by atoms with Crippen molar-refractivity contribution in [1.82, 2.24) is 5.32 Å². The molecule has 1 rings (SSSR count). The Morgan fingerprint density at radius 3 is 2.32 bits per heavy atom. The van der Waals surface area contributed by atoms with Gasteiger partial charge >= 0.3 is 6.09 Å². The zero-order valence-electron chi connectivity index (χ0n) is 12.4. The van der Waals surface area contributed by atoms with Crippen LogP contribution in [0.15, 0.2) is 0 Å². The number of carbonyl (C=O) groups excluding carboxylic acids is 2. The maximum absolute atomic E-state index is 11.8. The summed E-state index contributed by atoms with van der Waals surface area (Å²) in [6.45, 7) is 10.6. The Morgan fingerprint density at radius 2 is 1.95 bits per heavy atom. The summed E-state index contributed by atoms with van der Waals surface area (Å²) in [7, 11) is 0. The summed E-state index contributed by atoms with van der Waals surface area (Å²) in [5.74, 6) is -0.759. The van der Waals surface area contributed by atoms with Crippen molar-refractivity contribution >= 4 is 12.4 Å². The minimum absolute atomic E-state index is 0.234. The van der Waals surface area contributed by atoms with Gasteiger partial charge in [0, 0.05) is 0 Å². The van der Waals surface area contributed by atoms with Gasteiger partial charge in [-0.15, -0.1) is 0 Å². The summed E-state index contributed by atoms with van der Waals surface area (Å²) < 4.78 is 16.2. The summed E-state index contributed by atoms with van der Waals surface area (Å²) in [6, 6.07) is 0. The van der Waals surface area contributed by atoms with Gasteiger partial charge in [-0.05, 0) is 41.5 Å². The Kier molecular flexibility index (Phi) is 4.27. The first-order valence-corrected chi connectivity index (χ1v) is 6.27. The lowest BCUT2D eigenvalue weighted by Crippen LogP contribution is -2.57. The van der Waals surface area contributed by atoms with E-state index in [0.717, 1.165) is 0 Å². The largest absolute Gasteiger partial charge is 0.444 e. The van der Waals surface area contributed by atoms with E-state index in [4.69, 9.17) is 14.2 Å². The number of rotatable bonds is 3. The third kappa shape index (κ3) is 4.47. The molecule has 2 atom stereocenters. The number of hydrogen-bond donors (Lipinski definition) is 1. The molecule has 0 aliphatic carbocycles. The Bertz CT molecular complexity index is 361. The van der Waals surface area contributed by atoms with Crippen LogP contribution in [0.1, 0.15) is 41.5 Å². The fraction of sp³-hybridized carbons (Fsp3) is 0.846. The van der Waals surface area contributed by atoms with Gasteiger partial charge in [-0.2, -0.15) is 0 Å². The van der Waals surface area contributed by atoms with Crippen molar-refractivity contribution in [2.45, 2.75) is 64.6 Å². The SMILES string of the molecule is CC(C)(C)OC(=O)NC(C)(C=O)C1COC(C)(C)O1. The predicted octanol–water partition coefficient (Wildman–Crippen LogP) is 1.62. The monoisotopic (exact) mass is 273 g/mol. The second kappa shape index (κ2) is 5.09. The van der Waals surface area contributed by atoms with Gasteiger partial charge in [-0.25, -0.2) is 4.79 Å². The molecule has 19 heavy (non-hydrogen) atoms. The standard InChI is InChI=1S/C13H23NO5/c1-11(2,3)19-10(16)14-13(6,8-15)9-7-17-12(4,5)18-9/h8-9H,7H2,1-6H3,(H,14,16). The summed E-state index contributed by atoms with van der Waals surface area (Å²) in [5, 5.41) is 2.55. The van der Waals surface area contributed by atoms with E-state index in [-0.39, 0.29) is 6.61 Å². The first-order valence-electron chi connectivity index (χ1n) is 6.27. The first-order chi connectivity index (χ1) is 8.47. The van der Waals surface area contributed by atoms with Crippen molar-refractivity contribution < 1.29 is 23.8 Å². The molecular weight excluding hydrogens is 250 g/mol. The number of amides is 1. The minimum Gasteiger partial charge on any atom is -0.444 e. The lowest BCUT2D eigenvalue weighted by Gasteiger charge is -2.31. The molecule has 0 aromatic rings. The van der Waals surface area contributed by atoms with Crippen LogP contribution in [-0.4, -0.2) is 42.0 Å². The average Bonchev–Trinajstić information content (AvgIpc) is 2.56. The molecule has 0 radical (unpaired) electrons. The van der Waals surface area contributed by atoms with E-state index in [2.05, 4.69) is 5.32 Å². The molecular formula is C13H23NO5. The molecule has 1 N–H and O–H groups in total. The first kappa shape index (κ1) is 15.9. The van der Waals surface area contributed by atoms with E-state index in [0.29, 0.717) is 6.29 Å². The number of aldehydes is 1. The molecule has 1 saturated heterocycles. The highest BCUT2D eigenvalue weighted by molar-refractivity contribution is 5.77. The second-order valence-electron chi connectivity index (χ2n) is 6.34. The Hall–Kier alpha value is -1.14. The van der Waals surface area contributed by atoms with E-state index >= 15 is 0 Å². The molecule has 0 bridgehead atoms. The number of alkyl carbamates (subject to hydrolysis) is 1. The van der Waals surface area contributed by atoms with Crippen molar-refractivity contribution in [3.63, 3.8) is 0 Å². The Labute approximate surface area is 113 Å². The molecule has 1 aliphatic rings. The highest BCUT2D eigenvalue weighted by Gasteiger charge is 2.45. The van der Waals surface area contributed by atoms with Crippen LogP contribution in [0.3, 0.4) is 0 Å². The van der Waals surface area contributed by atoms with Gasteiger partial charge < -0.3 is 24.3 Å². The van der Waals surface area contributed by atoms with Crippen molar-refractivity contribution in [2.75, 3.05) is 6.61 Å². The minimum atomic E-state index is -1.18. The van der Waals surface area contributed by atoms with Gasteiger partial charge in [-0.3, -0.25) is 0 Å². The van der Waals surface area contributed by atoms with Crippen LogP contribution in [0.25, 0.3) is 0 Å². The molecule has 1 amide bonds. The molecule has 6 heteroatoms. The van der Waals surface area contributed by atoms with Gasteiger partial charge in [-0.1, -0.05) is 0 Å². The van der Waals surface area contributed by atoms with Gasteiger partial charge in [0.15, 0.2) is 5.79 Å². The maximum atomic E-state index is 11.8. The molecule has 6 nitrogen and oxygen atoms in total. The molecule has 1 heterocycles.